The van der Waals surface area contributed by atoms with Crippen molar-refractivity contribution in [3.63, 3.8) is 0 Å². The van der Waals surface area contributed by atoms with Gasteiger partial charge in [0.15, 0.2) is 18.1 Å². The third-order valence-electron chi connectivity index (χ3n) is 3.08. The van der Waals surface area contributed by atoms with E-state index in [4.69, 9.17) is 20.7 Å². The van der Waals surface area contributed by atoms with Crippen molar-refractivity contribution >= 4 is 40.4 Å². The molecule has 0 heterocycles. The first-order valence-electron chi connectivity index (χ1n) is 7.58. The van der Waals surface area contributed by atoms with Crippen molar-refractivity contribution < 1.29 is 19.1 Å². The van der Waals surface area contributed by atoms with Gasteiger partial charge in [-0.15, -0.1) is 6.42 Å². The highest BCUT2D eigenvalue weighted by atomic mass is 127. The zero-order chi connectivity index (χ0) is 18.8. The summed E-state index contributed by atoms with van der Waals surface area (Å²) in [5, 5.41) is 6.52. The predicted molar refractivity (Wildman–Crippen MR) is 109 cm³/mol. The Hall–Kier alpha value is -2.73. The van der Waals surface area contributed by atoms with Crippen molar-refractivity contribution in [2.45, 2.75) is 0 Å². The molecule has 0 aliphatic carbocycles. The first-order valence-corrected chi connectivity index (χ1v) is 8.66. The normalized spacial score (nSPS) is 10.2. The molecule has 1 amide bonds. The van der Waals surface area contributed by atoms with Crippen LogP contribution in [-0.4, -0.2) is 32.4 Å². The summed E-state index contributed by atoms with van der Waals surface area (Å²) in [7, 11) is 1.54. The van der Waals surface area contributed by atoms with Crippen molar-refractivity contribution in [2.75, 3.05) is 25.6 Å². The van der Waals surface area contributed by atoms with Crippen LogP contribution < -0.4 is 14.8 Å². The maximum absolute atomic E-state index is 11.8. The zero-order valence-electron chi connectivity index (χ0n) is 14.1. The second-order valence-corrected chi connectivity index (χ2v) is 6.11. The number of para-hydroxylation sites is 1. The average molecular weight is 464 g/mol. The molecule has 0 saturated heterocycles. The smallest absolute Gasteiger partial charge is 0.265 e. The molecule has 26 heavy (non-hydrogen) atoms. The van der Waals surface area contributed by atoms with Crippen LogP contribution in [0.4, 0.5) is 5.69 Å². The van der Waals surface area contributed by atoms with Crippen LogP contribution >= 0.6 is 22.6 Å². The number of oxime groups is 1. The van der Waals surface area contributed by atoms with Crippen LogP contribution in [0.5, 0.6) is 11.5 Å². The van der Waals surface area contributed by atoms with E-state index in [0.29, 0.717) is 17.2 Å². The molecule has 2 aromatic rings. The van der Waals surface area contributed by atoms with E-state index in [-0.39, 0.29) is 19.1 Å². The quantitative estimate of drug-likeness (QED) is 0.282. The molecule has 0 spiro atoms. The van der Waals surface area contributed by atoms with Crippen LogP contribution in [0.25, 0.3) is 0 Å². The largest absolute Gasteiger partial charge is 0.493 e. The van der Waals surface area contributed by atoms with Crippen LogP contribution in [0.3, 0.4) is 0 Å². The molecular formula is C19H17IN2O4. The molecule has 0 aliphatic heterocycles. The van der Waals surface area contributed by atoms with Gasteiger partial charge in [0.1, 0.15) is 6.61 Å². The third kappa shape index (κ3) is 5.97. The van der Waals surface area contributed by atoms with Crippen LogP contribution in [0, 0.1) is 15.9 Å². The van der Waals surface area contributed by atoms with E-state index < -0.39 is 0 Å². The number of nitrogens with zero attached hydrogens (tertiary/aromatic N) is 1. The minimum atomic E-state index is -0.293. The third-order valence-corrected chi connectivity index (χ3v) is 3.88. The summed E-state index contributed by atoms with van der Waals surface area (Å²) in [6.07, 6.45) is 6.70. The Kier molecular flexibility index (Phi) is 7.76. The molecule has 2 rings (SSSR count). The summed E-state index contributed by atoms with van der Waals surface area (Å²) < 4.78 is 11.6. The molecule has 0 aliphatic rings. The van der Waals surface area contributed by atoms with E-state index in [2.05, 4.69) is 39.0 Å². The summed E-state index contributed by atoms with van der Waals surface area (Å²) in [6.45, 7) is -0.0393. The topological polar surface area (TPSA) is 69.2 Å². The van der Waals surface area contributed by atoms with Crippen LogP contribution in [0.2, 0.25) is 0 Å². The SMILES string of the molecule is C#CCOc1c(I)cc(C=NOCC(=O)Nc2ccccc2)cc1OC. The van der Waals surface area contributed by atoms with E-state index >= 15 is 0 Å². The number of hydrogen-bond acceptors (Lipinski definition) is 5. The molecule has 0 radical (unpaired) electrons. The van der Waals surface area contributed by atoms with E-state index in [0.717, 1.165) is 9.13 Å². The molecule has 1 N–H and O–H groups in total. The predicted octanol–water partition coefficient (Wildman–Crippen LogP) is 3.30. The van der Waals surface area contributed by atoms with E-state index in [1.54, 1.807) is 25.3 Å². The highest BCUT2D eigenvalue weighted by molar-refractivity contribution is 14.1. The summed E-state index contributed by atoms with van der Waals surface area (Å²) >= 11 is 2.12. The lowest BCUT2D eigenvalue weighted by molar-refractivity contribution is -0.120. The highest BCUT2D eigenvalue weighted by Gasteiger charge is 2.11. The van der Waals surface area contributed by atoms with Gasteiger partial charge in [0, 0.05) is 11.3 Å². The number of anilines is 1. The minimum Gasteiger partial charge on any atom is -0.493 e. The Labute approximate surface area is 165 Å². The van der Waals surface area contributed by atoms with Crippen molar-refractivity contribution in [1.82, 2.24) is 0 Å². The van der Waals surface area contributed by atoms with Crippen molar-refractivity contribution in [2.24, 2.45) is 5.16 Å². The number of rotatable bonds is 8. The Morgan fingerprint density at radius 2 is 2.12 bits per heavy atom. The number of nitrogens with one attached hydrogen (secondary N) is 1. The summed E-state index contributed by atoms with van der Waals surface area (Å²) in [4.78, 5) is 16.8. The van der Waals surface area contributed by atoms with Gasteiger partial charge in [-0.25, -0.2) is 0 Å². The summed E-state index contributed by atoms with van der Waals surface area (Å²) in [6, 6.07) is 12.7. The molecular weight excluding hydrogens is 447 g/mol. The van der Waals surface area contributed by atoms with Gasteiger partial charge in [-0.3, -0.25) is 4.79 Å². The van der Waals surface area contributed by atoms with E-state index in [1.165, 1.54) is 6.21 Å². The number of terminal acetylenes is 1. The number of hydrogen-bond donors (Lipinski definition) is 1. The molecule has 0 fully saturated rings. The maximum atomic E-state index is 11.8. The van der Waals surface area contributed by atoms with Crippen LogP contribution in [0.15, 0.2) is 47.6 Å². The maximum Gasteiger partial charge on any atom is 0.265 e. The monoisotopic (exact) mass is 464 g/mol. The van der Waals surface area contributed by atoms with Crippen molar-refractivity contribution in [3.8, 4) is 23.8 Å². The fraction of sp³-hybridized carbons (Fsp3) is 0.158. The molecule has 0 unspecified atom stereocenters. The number of ether oxygens (including phenoxy) is 2. The zero-order valence-corrected chi connectivity index (χ0v) is 16.2. The van der Waals surface area contributed by atoms with Gasteiger partial charge < -0.3 is 19.6 Å². The van der Waals surface area contributed by atoms with Gasteiger partial charge in [0.2, 0.25) is 0 Å². The van der Waals surface area contributed by atoms with E-state index in [1.807, 2.05) is 24.3 Å². The van der Waals surface area contributed by atoms with Crippen molar-refractivity contribution in [1.29, 1.82) is 0 Å². The molecule has 0 atom stereocenters. The average Bonchev–Trinajstić information content (AvgIpc) is 2.65. The first-order chi connectivity index (χ1) is 12.6. The fourth-order valence-corrected chi connectivity index (χ4v) is 2.76. The lowest BCUT2D eigenvalue weighted by Crippen LogP contribution is -2.16. The Morgan fingerprint density at radius 1 is 1.35 bits per heavy atom. The number of amides is 1. The number of methoxy groups -OCH3 is 1. The second-order valence-electron chi connectivity index (χ2n) is 4.95. The number of halogens is 1. The van der Waals surface area contributed by atoms with Crippen LogP contribution in [0.1, 0.15) is 5.56 Å². The van der Waals surface area contributed by atoms with Gasteiger partial charge >= 0.3 is 0 Å². The first kappa shape index (κ1) is 19.6. The molecule has 0 aromatic heterocycles. The standard InChI is InChI=1S/C19H17IN2O4/c1-3-9-25-19-16(20)10-14(11-17(19)24-2)12-21-26-13-18(23)22-15-7-5-4-6-8-15/h1,4-8,10-12H,9,13H2,2H3,(H,22,23). The molecule has 0 saturated carbocycles. The summed E-state index contributed by atoms with van der Waals surface area (Å²) in [5.74, 6) is 3.23. The Morgan fingerprint density at radius 3 is 2.81 bits per heavy atom. The number of benzene rings is 2. The van der Waals surface area contributed by atoms with Gasteiger partial charge in [0.25, 0.3) is 5.91 Å². The molecule has 134 valence electrons. The highest BCUT2D eigenvalue weighted by Crippen LogP contribution is 2.33. The second kappa shape index (κ2) is 10.3. The number of carbonyl (C=O) groups excluding carboxylic acids is 1. The Bertz CT molecular complexity index is 816. The van der Waals surface area contributed by atoms with Crippen LogP contribution in [-0.2, 0) is 9.63 Å². The fourth-order valence-electron chi connectivity index (χ4n) is 1.98. The molecule has 7 heteroatoms. The minimum absolute atomic E-state index is 0.152. The van der Waals surface area contributed by atoms with Gasteiger partial charge in [-0.05, 0) is 46.9 Å². The van der Waals surface area contributed by atoms with Gasteiger partial charge in [-0.1, -0.05) is 29.3 Å². The number of carbonyl (C=O) groups is 1. The molecule has 2 aromatic carbocycles. The molecule has 0 bridgehead atoms. The summed E-state index contributed by atoms with van der Waals surface area (Å²) in [5.41, 5.74) is 1.44. The van der Waals surface area contributed by atoms with Gasteiger partial charge in [-0.2, -0.15) is 0 Å². The lowest BCUT2D eigenvalue weighted by Gasteiger charge is -2.11. The Balaban J connectivity index is 1.92. The lowest BCUT2D eigenvalue weighted by atomic mass is 10.2. The van der Waals surface area contributed by atoms with E-state index in [9.17, 15) is 4.79 Å². The van der Waals surface area contributed by atoms with Gasteiger partial charge in [0.05, 0.1) is 16.9 Å². The molecule has 6 nitrogen and oxygen atoms in total. The van der Waals surface area contributed by atoms with Crippen molar-refractivity contribution in [3.05, 3.63) is 51.6 Å².